The fourth-order valence-corrected chi connectivity index (χ4v) is 2.26. The molecule has 2 aromatic carbocycles. The second-order valence-electron chi connectivity index (χ2n) is 4.63. The lowest BCUT2D eigenvalue weighted by Crippen LogP contribution is -2.14. The number of oxime groups is 1. The minimum atomic E-state index is -0.407. The fourth-order valence-electron chi connectivity index (χ4n) is 1.87. The normalized spacial score (nSPS) is 11.5. The Balaban J connectivity index is 2.15. The van der Waals surface area contributed by atoms with E-state index in [-0.39, 0.29) is 5.84 Å². The highest BCUT2D eigenvalue weighted by Gasteiger charge is 2.07. The SMILES string of the molecule is Cc1ccc(Br)c(NCc2ccc(/C(N)=N/O)cc2F)c1. The molecule has 0 aromatic heterocycles. The van der Waals surface area contributed by atoms with Gasteiger partial charge >= 0.3 is 0 Å². The maximum Gasteiger partial charge on any atom is 0.170 e. The van der Waals surface area contributed by atoms with Crippen LogP contribution in [-0.4, -0.2) is 11.0 Å². The molecule has 110 valence electrons. The van der Waals surface area contributed by atoms with E-state index in [1.165, 1.54) is 6.07 Å². The van der Waals surface area contributed by atoms with E-state index < -0.39 is 5.82 Å². The number of rotatable bonds is 4. The highest BCUT2D eigenvalue weighted by Crippen LogP contribution is 2.24. The third-order valence-electron chi connectivity index (χ3n) is 3.05. The van der Waals surface area contributed by atoms with Crippen LogP contribution in [0.4, 0.5) is 10.1 Å². The van der Waals surface area contributed by atoms with E-state index in [4.69, 9.17) is 10.9 Å². The molecule has 6 heteroatoms. The van der Waals surface area contributed by atoms with Crippen molar-refractivity contribution in [3.8, 4) is 0 Å². The summed E-state index contributed by atoms with van der Waals surface area (Å²) in [6.07, 6.45) is 0. The monoisotopic (exact) mass is 351 g/mol. The van der Waals surface area contributed by atoms with Crippen molar-refractivity contribution in [2.24, 2.45) is 10.9 Å². The largest absolute Gasteiger partial charge is 0.409 e. The standard InChI is InChI=1S/C15H15BrFN3O/c1-9-2-5-12(16)14(6-9)19-8-11-4-3-10(7-13(11)17)15(18)20-21/h2-7,19,21H,8H2,1H3,(H2,18,20). The predicted octanol–water partition coefficient (Wildman–Crippen LogP) is 3.60. The zero-order valence-electron chi connectivity index (χ0n) is 11.4. The maximum absolute atomic E-state index is 14.0. The quantitative estimate of drug-likeness (QED) is 0.341. The first-order chi connectivity index (χ1) is 10.0. The van der Waals surface area contributed by atoms with Crippen LogP contribution in [0.1, 0.15) is 16.7 Å². The molecule has 0 heterocycles. The molecule has 0 saturated heterocycles. The molecule has 2 aromatic rings. The summed E-state index contributed by atoms with van der Waals surface area (Å²) in [7, 11) is 0. The Morgan fingerprint density at radius 3 is 2.76 bits per heavy atom. The van der Waals surface area contributed by atoms with Gasteiger partial charge in [0, 0.05) is 27.8 Å². The van der Waals surface area contributed by atoms with Gasteiger partial charge in [0.2, 0.25) is 0 Å². The Hall–Kier alpha value is -2.08. The summed E-state index contributed by atoms with van der Waals surface area (Å²) in [5.74, 6) is -0.523. The third kappa shape index (κ3) is 3.72. The van der Waals surface area contributed by atoms with Gasteiger partial charge < -0.3 is 16.3 Å². The first-order valence-electron chi connectivity index (χ1n) is 6.27. The van der Waals surface area contributed by atoms with E-state index >= 15 is 0 Å². The molecule has 0 aliphatic rings. The van der Waals surface area contributed by atoms with Crippen LogP contribution in [0.15, 0.2) is 46.0 Å². The summed E-state index contributed by atoms with van der Waals surface area (Å²) in [6, 6.07) is 10.4. The number of benzene rings is 2. The summed E-state index contributed by atoms with van der Waals surface area (Å²) < 4.78 is 14.9. The molecule has 0 radical (unpaired) electrons. The Bertz CT molecular complexity index is 689. The minimum absolute atomic E-state index is 0.116. The Morgan fingerprint density at radius 1 is 1.33 bits per heavy atom. The molecular formula is C15H15BrFN3O. The lowest BCUT2D eigenvalue weighted by atomic mass is 10.1. The summed E-state index contributed by atoms with van der Waals surface area (Å²) in [5, 5.41) is 14.6. The number of anilines is 1. The predicted molar refractivity (Wildman–Crippen MR) is 85.1 cm³/mol. The summed E-state index contributed by atoms with van der Waals surface area (Å²) in [5.41, 5.74) is 8.28. The number of nitrogens with one attached hydrogen (secondary N) is 1. The van der Waals surface area contributed by atoms with Gasteiger partial charge in [0.1, 0.15) is 5.82 Å². The number of nitrogens with zero attached hydrogens (tertiary/aromatic N) is 1. The van der Waals surface area contributed by atoms with Gasteiger partial charge in [0.15, 0.2) is 5.84 Å². The molecule has 0 unspecified atom stereocenters. The second-order valence-corrected chi connectivity index (χ2v) is 5.48. The average molecular weight is 352 g/mol. The smallest absolute Gasteiger partial charge is 0.170 e. The molecule has 0 amide bonds. The van der Waals surface area contributed by atoms with E-state index in [2.05, 4.69) is 26.4 Å². The van der Waals surface area contributed by atoms with Crippen LogP contribution in [0.5, 0.6) is 0 Å². The second kappa shape index (κ2) is 6.58. The Labute approximate surface area is 130 Å². The van der Waals surface area contributed by atoms with E-state index in [1.807, 2.05) is 25.1 Å². The van der Waals surface area contributed by atoms with Gasteiger partial charge in [0.25, 0.3) is 0 Å². The number of hydrogen-bond donors (Lipinski definition) is 3. The van der Waals surface area contributed by atoms with E-state index in [9.17, 15) is 4.39 Å². The summed E-state index contributed by atoms with van der Waals surface area (Å²) >= 11 is 3.45. The number of halogens is 2. The van der Waals surface area contributed by atoms with Crippen molar-refractivity contribution in [3.05, 3.63) is 63.4 Å². The average Bonchev–Trinajstić information content (AvgIpc) is 2.48. The molecule has 0 bridgehead atoms. The fraction of sp³-hybridized carbons (Fsp3) is 0.133. The topological polar surface area (TPSA) is 70.6 Å². The van der Waals surface area contributed by atoms with Crippen LogP contribution < -0.4 is 11.1 Å². The number of aryl methyl sites for hydroxylation is 1. The molecule has 0 fully saturated rings. The van der Waals surface area contributed by atoms with Gasteiger partial charge in [-0.1, -0.05) is 23.4 Å². The van der Waals surface area contributed by atoms with E-state index in [0.717, 1.165) is 15.7 Å². The molecule has 0 saturated carbocycles. The number of amidine groups is 1. The third-order valence-corrected chi connectivity index (χ3v) is 3.74. The van der Waals surface area contributed by atoms with Crippen LogP contribution in [0.2, 0.25) is 0 Å². The van der Waals surface area contributed by atoms with Crippen molar-refractivity contribution < 1.29 is 9.60 Å². The molecule has 4 nitrogen and oxygen atoms in total. The first-order valence-corrected chi connectivity index (χ1v) is 7.07. The zero-order chi connectivity index (χ0) is 15.4. The van der Waals surface area contributed by atoms with Crippen molar-refractivity contribution >= 4 is 27.5 Å². The maximum atomic E-state index is 14.0. The van der Waals surface area contributed by atoms with Gasteiger partial charge in [0.05, 0.1) is 0 Å². The minimum Gasteiger partial charge on any atom is -0.409 e. The molecule has 2 rings (SSSR count). The summed E-state index contributed by atoms with van der Waals surface area (Å²) in [6.45, 7) is 2.33. The van der Waals surface area contributed by atoms with Gasteiger partial charge in [-0.25, -0.2) is 4.39 Å². The first kappa shape index (κ1) is 15.3. The highest BCUT2D eigenvalue weighted by atomic mass is 79.9. The van der Waals surface area contributed by atoms with Crippen molar-refractivity contribution in [1.82, 2.24) is 0 Å². The molecule has 0 atom stereocenters. The highest BCUT2D eigenvalue weighted by molar-refractivity contribution is 9.10. The Morgan fingerprint density at radius 2 is 2.10 bits per heavy atom. The van der Waals surface area contributed by atoms with Crippen molar-refractivity contribution in [1.29, 1.82) is 0 Å². The van der Waals surface area contributed by atoms with Crippen LogP contribution in [0.25, 0.3) is 0 Å². The molecular weight excluding hydrogens is 337 g/mol. The number of hydrogen-bond acceptors (Lipinski definition) is 3. The Kier molecular flexibility index (Phi) is 4.80. The van der Waals surface area contributed by atoms with Crippen LogP contribution >= 0.6 is 15.9 Å². The van der Waals surface area contributed by atoms with Gasteiger partial charge in [-0.3, -0.25) is 0 Å². The lowest BCUT2D eigenvalue weighted by Gasteiger charge is -2.11. The van der Waals surface area contributed by atoms with E-state index in [1.54, 1.807) is 12.1 Å². The zero-order valence-corrected chi connectivity index (χ0v) is 13.0. The molecule has 0 spiro atoms. The van der Waals surface area contributed by atoms with Crippen molar-refractivity contribution in [2.75, 3.05) is 5.32 Å². The van der Waals surface area contributed by atoms with Gasteiger partial charge in [-0.05, 0) is 46.6 Å². The van der Waals surface area contributed by atoms with E-state index in [0.29, 0.717) is 17.7 Å². The lowest BCUT2D eigenvalue weighted by molar-refractivity contribution is 0.318. The molecule has 0 aliphatic carbocycles. The number of nitrogens with two attached hydrogens (primary N) is 1. The van der Waals surface area contributed by atoms with Crippen LogP contribution in [-0.2, 0) is 6.54 Å². The van der Waals surface area contributed by atoms with Gasteiger partial charge in [-0.15, -0.1) is 0 Å². The van der Waals surface area contributed by atoms with Crippen molar-refractivity contribution in [3.63, 3.8) is 0 Å². The molecule has 0 aliphatic heterocycles. The van der Waals surface area contributed by atoms with Crippen LogP contribution in [0, 0.1) is 12.7 Å². The van der Waals surface area contributed by atoms with Crippen LogP contribution in [0.3, 0.4) is 0 Å². The van der Waals surface area contributed by atoms with Crippen molar-refractivity contribution in [2.45, 2.75) is 13.5 Å². The molecule has 21 heavy (non-hydrogen) atoms. The van der Waals surface area contributed by atoms with Gasteiger partial charge in [-0.2, -0.15) is 0 Å². The molecule has 4 N–H and O–H groups in total. The summed E-state index contributed by atoms with van der Waals surface area (Å²) in [4.78, 5) is 0.